The normalized spacial score (nSPS) is 23.3. The fourth-order valence-electron chi connectivity index (χ4n) is 5.07. The molecule has 1 aliphatic carbocycles. The lowest BCUT2D eigenvalue weighted by Gasteiger charge is -2.38. The van der Waals surface area contributed by atoms with Gasteiger partial charge in [0.2, 0.25) is 11.8 Å². The molecule has 3 aliphatic rings. The summed E-state index contributed by atoms with van der Waals surface area (Å²) in [5, 5.41) is 3.12. The molecule has 5 rings (SSSR count). The minimum atomic E-state index is 0.130. The molecule has 0 spiro atoms. The number of para-hydroxylation sites is 1. The van der Waals surface area contributed by atoms with Crippen molar-refractivity contribution in [2.75, 3.05) is 26.2 Å². The molecule has 7 nitrogen and oxygen atoms in total. The third-order valence-corrected chi connectivity index (χ3v) is 7.12. The van der Waals surface area contributed by atoms with Crippen molar-refractivity contribution in [1.82, 2.24) is 20.1 Å². The molecule has 1 aromatic carbocycles. The Labute approximate surface area is 207 Å². The summed E-state index contributed by atoms with van der Waals surface area (Å²) in [5.41, 5.74) is 2.13. The lowest BCUT2D eigenvalue weighted by atomic mass is 9.82. The van der Waals surface area contributed by atoms with Gasteiger partial charge >= 0.3 is 0 Å². The number of ether oxygens (including phenoxy) is 1. The Balaban J connectivity index is 1.35. The molecule has 2 aliphatic heterocycles. The van der Waals surface area contributed by atoms with E-state index < -0.39 is 0 Å². The highest BCUT2D eigenvalue weighted by Crippen LogP contribution is 2.30. The van der Waals surface area contributed by atoms with Gasteiger partial charge in [-0.05, 0) is 48.8 Å². The monoisotopic (exact) mass is 474 g/mol. The Morgan fingerprint density at radius 1 is 1.11 bits per heavy atom. The van der Waals surface area contributed by atoms with Crippen LogP contribution in [0.5, 0.6) is 5.75 Å². The maximum Gasteiger partial charge on any atom is 0.236 e. The Hall–Kier alpha value is -3.19. The zero-order valence-corrected chi connectivity index (χ0v) is 20.1. The average Bonchev–Trinajstić information content (AvgIpc) is 3.67. The molecule has 2 fully saturated rings. The van der Waals surface area contributed by atoms with Gasteiger partial charge < -0.3 is 15.0 Å². The third kappa shape index (κ3) is 6.48. The molecule has 2 amide bonds. The van der Waals surface area contributed by atoms with Gasteiger partial charge in [-0.3, -0.25) is 19.5 Å². The van der Waals surface area contributed by atoms with Gasteiger partial charge in [-0.2, -0.15) is 0 Å². The number of hydrogen-bond donors (Lipinski definition) is 1. The van der Waals surface area contributed by atoms with E-state index in [1.165, 1.54) is 0 Å². The van der Waals surface area contributed by atoms with Crippen molar-refractivity contribution in [3.05, 3.63) is 72.1 Å². The minimum Gasteiger partial charge on any atom is -0.489 e. The molecule has 2 aromatic rings. The fourth-order valence-corrected chi connectivity index (χ4v) is 5.07. The Morgan fingerprint density at radius 3 is 2.83 bits per heavy atom. The third-order valence-electron chi connectivity index (χ3n) is 7.12. The first-order valence-electron chi connectivity index (χ1n) is 12.7. The second kappa shape index (κ2) is 11.0. The molecular formula is C28H34N4O3. The minimum absolute atomic E-state index is 0.130. The molecule has 1 saturated heterocycles. The van der Waals surface area contributed by atoms with E-state index in [2.05, 4.69) is 27.3 Å². The number of rotatable bonds is 5. The van der Waals surface area contributed by atoms with Crippen LogP contribution < -0.4 is 10.1 Å². The summed E-state index contributed by atoms with van der Waals surface area (Å²) in [7, 11) is 0. The van der Waals surface area contributed by atoms with Crippen molar-refractivity contribution < 1.29 is 14.3 Å². The standard InChI is InChI=1S/C28H34N4O3/c33-27(30-25-9-10-25)15-22-11-13-32-19-23(22)7-4-14-35-26-8-2-1-6-24(26)18-31(20-28(32)34)17-21-5-3-12-29-16-21/h1-8,12,16,22-23,25H,9-11,13-15,17-20H2,(H,30,33)/t22-,23-/m0/s1. The van der Waals surface area contributed by atoms with Gasteiger partial charge in [-0.1, -0.05) is 36.4 Å². The number of fused-ring (bicyclic) bond motifs is 3. The summed E-state index contributed by atoms with van der Waals surface area (Å²) < 4.78 is 6.14. The van der Waals surface area contributed by atoms with E-state index in [-0.39, 0.29) is 23.7 Å². The smallest absolute Gasteiger partial charge is 0.236 e. The van der Waals surface area contributed by atoms with E-state index in [9.17, 15) is 9.59 Å². The van der Waals surface area contributed by atoms with Gasteiger partial charge in [-0.25, -0.2) is 0 Å². The molecular weight excluding hydrogens is 440 g/mol. The van der Waals surface area contributed by atoms with Crippen molar-refractivity contribution in [1.29, 1.82) is 0 Å². The number of amides is 2. The van der Waals surface area contributed by atoms with Gasteiger partial charge in [0, 0.05) is 56.6 Å². The largest absolute Gasteiger partial charge is 0.489 e. The molecule has 35 heavy (non-hydrogen) atoms. The number of pyridine rings is 1. The quantitative estimate of drug-likeness (QED) is 0.674. The van der Waals surface area contributed by atoms with Gasteiger partial charge in [0.25, 0.3) is 0 Å². The van der Waals surface area contributed by atoms with Crippen LogP contribution >= 0.6 is 0 Å². The molecule has 1 N–H and O–H groups in total. The van der Waals surface area contributed by atoms with Crippen LogP contribution in [0, 0.1) is 11.8 Å². The fraction of sp³-hybridized carbons (Fsp3) is 0.464. The van der Waals surface area contributed by atoms with E-state index in [0.29, 0.717) is 51.8 Å². The van der Waals surface area contributed by atoms with E-state index in [4.69, 9.17) is 4.74 Å². The van der Waals surface area contributed by atoms with E-state index >= 15 is 0 Å². The predicted octanol–water partition coefficient (Wildman–Crippen LogP) is 3.17. The molecule has 3 heterocycles. The highest BCUT2D eigenvalue weighted by atomic mass is 16.5. The van der Waals surface area contributed by atoms with Crippen LogP contribution in [0.1, 0.15) is 36.8 Å². The number of hydrogen-bond acceptors (Lipinski definition) is 5. The van der Waals surface area contributed by atoms with Gasteiger partial charge in [0.1, 0.15) is 12.4 Å². The lowest BCUT2D eigenvalue weighted by molar-refractivity contribution is -0.135. The summed E-state index contributed by atoms with van der Waals surface area (Å²) >= 11 is 0. The van der Waals surface area contributed by atoms with Crippen LogP contribution in [0.3, 0.4) is 0 Å². The van der Waals surface area contributed by atoms with Crippen molar-refractivity contribution in [3.63, 3.8) is 0 Å². The maximum absolute atomic E-state index is 13.5. The molecule has 1 aromatic heterocycles. The van der Waals surface area contributed by atoms with Crippen molar-refractivity contribution in [2.45, 2.75) is 44.8 Å². The summed E-state index contributed by atoms with van der Waals surface area (Å²) in [6.45, 7) is 3.37. The SMILES string of the molecule is O=C(C[C@@H]1CCN2C[C@@H]1C=CCOc1ccccc1CN(Cc1cccnc1)CC2=O)NC1CC1. The molecule has 7 heteroatoms. The first-order valence-corrected chi connectivity index (χ1v) is 12.7. The zero-order chi connectivity index (χ0) is 24.0. The van der Waals surface area contributed by atoms with Gasteiger partial charge in [0.15, 0.2) is 0 Å². The van der Waals surface area contributed by atoms with Crippen molar-refractivity contribution >= 4 is 11.8 Å². The molecule has 2 bridgehead atoms. The number of carbonyl (C=O) groups is 2. The predicted molar refractivity (Wildman–Crippen MR) is 133 cm³/mol. The second-order valence-corrected chi connectivity index (χ2v) is 9.95. The van der Waals surface area contributed by atoms with E-state index in [1.807, 2.05) is 47.5 Å². The highest BCUT2D eigenvalue weighted by molar-refractivity contribution is 5.79. The van der Waals surface area contributed by atoms with Crippen LogP contribution in [0.2, 0.25) is 0 Å². The summed E-state index contributed by atoms with van der Waals surface area (Å²) in [4.78, 5) is 34.4. The lowest BCUT2D eigenvalue weighted by Crippen LogP contribution is -2.47. The first kappa shape index (κ1) is 23.5. The van der Waals surface area contributed by atoms with Crippen LogP contribution in [-0.4, -0.2) is 58.9 Å². The highest BCUT2D eigenvalue weighted by Gasteiger charge is 2.33. The number of piperidine rings is 1. The summed E-state index contributed by atoms with van der Waals surface area (Å²) in [6, 6.07) is 12.4. The summed E-state index contributed by atoms with van der Waals surface area (Å²) in [6.07, 6.45) is 11.4. The van der Waals surface area contributed by atoms with E-state index in [1.54, 1.807) is 6.20 Å². The molecule has 0 unspecified atom stereocenters. The summed E-state index contributed by atoms with van der Waals surface area (Å²) in [5.74, 6) is 1.48. The molecule has 1 saturated carbocycles. The van der Waals surface area contributed by atoms with Crippen LogP contribution in [0.15, 0.2) is 60.9 Å². The van der Waals surface area contributed by atoms with Gasteiger partial charge in [0.05, 0.1) is 6.54 Å². The average molecular weight is 475 g/mol. The molecule has 2 atom stereocenters. The van der Waals surface area contributed by atoms with Crippen LogP contribution in [-0.2, 0) is 22.7 Å². The maximum atomic E-state index is 13.5. The Kier molecular flexibility index (Phi) is 7.42. The topological polar surface area (TPSA) is 74.8 Å². The van der Waals surface area contributed by atoms with Crippen molar-refractivity contribution in [2.24, 2.45) is 11.8 Å². The number of aromatic nitrogens is 1. The number of nitrogens with zero attached hydrogens (tertiary/aromatic N) is 3. The van der Waals surface area contributed by atoms with Crippen LogP contribution in [0.4, 0.5) is 0 Å². The zero-order valence-electron chi connectivity index (χ0n) is 20.1. The van der Waals surface area contributed by atoms with Crippen LogP contribution in [0.25, 0.3) is 0 Å². The van der Waals surface area contributed by atoms with Crippen molar-refractivity contribution in [3.8, 4) is 5.75 Å². The first-order chi connectivity index (χ1) is 17.1. The second-order valence-electron chi connectivity index (χ2n) is 9.95. The molecule has 0 radical (unpaired) electrons. The Morgan fingerprint density at radius 2 is 2.00 bits per heavy atom. The Bertz CT molecular complexity index is 1050. The number of benzene rings is 1. The number of nitrogens with one attached hydrogen (secondary N) is 1. The molecule has 184 valence electrons. The number of carbonyl (C=O) groups excluding carboxylic acids is 2. The van der Waals surface area contributed by atoms with E-state index in [0.717, 1.165) is 36.1 Å². The van der Waals surface area contributed by atoms with Gasteiger partial charge in [-0.15, -0.1) is 0 Å².